The number of hydrogen-bond donors (Lipinski definition) is 0. The van der Waals surface area contributed by atoms with Gasteiger partial charge in [-0.1, -0.05) is 60.7 Å². The topological polar surface area (TPSA) is 94.0 Å². The van der Waals surface area contributed by atoms with Crippen LogP contribution in [-0.2, 0) is 29.6 Å². The molecule has 2 heterocycles. The molecule has 0 bridgehead atoms. The van der Waals surface area contributed by atoms with Gasteiger partial charge in [0.05, 0.1) is 25.2 Å². The van der Waals surface area contributed by atoms with Crippen LogP contribution in [0.5, 0.6) is 5.75 Å². The number of carbonyl (C=O) groups excluding carboxylic acids is 2. The molecule has 1 atom stereocenters. The van der Waals surface area contributed by atoms with E-state index in [9.17, 15) is 14.4 Å². The van der Waals surface area contributed by atoms with Crippen molar-refractivity contribution >= 4 is 22.6 Å². The lowest BCUT2D eigenvalue weighted by molar-refractivity contribution is -0.131. The number of rotatable bonds is 8. The number of hydrogen-bond acceptors (Lipinski definition) is 6. The minimum atomic E-state index is -0.434. The summed E-state index contributed by atoms with van der Waals surface area (Å²) in [5.41, 5.74) is 1.90. The maximum absolute atomic E-state index is 13.9. The Bertz CT molecular complexity index is 1570. The van der Waals surface area contributed by atoms with Gasteiger partial charge in [-0.05, 0) is 35.7 Å². The summed E-state index contributed by atoms with van der Waals surface area (Å²) in [5, 5.41) is 5.16. The summed E-state index contributed by atoms with van der Waals surface area (Å²) in [6, 6.07) is 24.5. The first kappa shape index (κ1) is 27.1. The predicted molar refractivity (Wildman–Crippen MR) is 151 cm³/mol. The summed E-state index contributed by atoms with van der Waals surface area (Å²) < 4.78 is 12.8. The zero-order chi connectivity index (χ0) is 28.1. The number of ether oxygens (including phenoxy) is 2. The van der Waals surface area contributed by atoms with Gasteiger partial charge >= 0.3 is 0 Å². The second kappa shape index (κ2) is 12.1. The molecule has 0 unspecified atom stereocenters. The van der Waals surface area contributed by atoms with Gasteiger partial charge in [-0.2, -0.15) is 5.10 Å². The van der Waals surface area contributed by atoms with E-state index in [1.54, 1.807) is 36.3 Å². The summed E-state index contributed by atoms with van der Waals surface area (Å²) in [7, 11) is 3.13. The zero-order valence-electron chi connectivity index (χ0n) is 22.7. The summed E-state index contributed by atoms with van der Waals surface area (Å²) in [5.74, 6) is 0.150. The van der Waals surface area contributed by atoms with Gasteiger partial charge < -0.3 is 19.3 Å². The van der Waals surface area contributed by atoms with E-state index in [2.05, 4.69) is 5.10 Å². The Morgan fingerprint density at radius 2 is 1.65 bits per heavy atom. The maximum Gasteiger partial charge on any atom is 0.275 e. The lowest BCUT2D eigenvalue weighted by Gasteiger charge is -2.25. The first-order chi connectivity index (χ1) is 19.4. The molecule has 1 aromatic heterocycles. The van der Waals surface area contributed by atoms with E-state index < -0.39 is 12.0 Å². The van der Waals surface area contributed by atoms with Gasteiger partial charge in [0.2, 0.25) is 5.91 Å². The highest BCUT2D eigenvalue weighted by Gasteiger charge is 2.33. The largest absolute Gasteiger partial charge is 0.497 e. The third-order valence-corrected chi connectivity index (χ3v) is 7.11. The van der Waals surface area contributed by atoms with Crippen LogP contribution in [0.3, 0.4) is 0 Å². The molecule has 206 valence electrons. The van der Waals surface area contributed by atoms with E-state index in [0.29, 0.717) is 36.9 Å². The molecule has 0 spiro atoms. The fourth-order valence-electron chi connectivity index (χ4n) is 4.95. The van der Waals surface area contributed by atoms with Crippen LogP contribution >= 0.6 is 0 Å². The molecule has 5 rings (SSSR count). The van der Waals surface area contributed by atoms with Crippen molar-refractivity contribution in [3.8, 4) is 5.75 Å². The van der Waals surface area contributed by atoms with Gasteiger partial charge in [0.1, 0.15) is 12.3 Å². The molecule has 0 radical (unpaired) electrons. The predicted octanol–water partition coefficient (Wildman–Crippen LogP) is 3.05. The van der Waals surface area contributed by atoms with Crippen molar-refractivity contribution in [3.63, 3.8) is 0 Å². The molecule has 0 aliphatic carbocycles. The van der Waals surface area contributed by atoms with Gasteiger partial charge in [-0.15, -0.1) is 0 Å². The highest BCUT2D eigenvalue weighted by molar-refractivity contribution is 6.05. The van der Waals surface area contributed by atoms with E-state index in [4.69, 9.17) is 9.47 Å². The zero-order valence-corrected chi connectivity index (χ0v) is 22.7. The van der Waals surface area contributed by atoms with Crippen LogP contribution in [0.2, 0.25) is 0 Å². The van der Waals surface area contributed by atoms with Crippen molar-refractivity contribution in [2.75, 3.05) is 33.3 Å². The first-order valence-electron chi connectivity index (χ1n) is 13.2. The number of aromatic nitrogens is 2. The number of nitrogens with zero attached hydrogens (tertiary/aromatic N) is 4. The lowest BCUT2D eigenvalue weighted by Crippen LogP contribution is -2.41. The summed E-state index contributed by atoms with van der Waals surface area (Å²) in [6.45, 7) is 1.25. The van der Waals surface area contributed by atoms with E-state index in [1.165, 1.54) is 11.9 Å². The summed E-state index contributed by atoms with van der Waals surface area (Å²) in [6.07, 6.45) is 0.256. The lowest BCUT2D eigenvalue weighted by atomic mass is 10.1. The fraction of sp³-hybridized carbons (Fsp3) is 0.290. The average Bonchev–Trinajstić information content (AvgIpc) is 3.15. The van der Waals surface area contributed by atoms with Crippen molar-refractivity contribution in [1.82, 2.24) is 19.6 Å². The minimum Gasteiger partial charge on any atom is -0.497 e. The molecule has 1 fully saturated rings. The smallest absolute Gasteiger partial charge is 0.275 e. The molecule has 2 amide bonds. The van der Waals surface area contributed by atoms with Gasteiger partial charge in [0.25, 0.3) is 11.5 Å². The van der Waals surface area contributed by atoms with E-state index in [-0.39, 0.29) is 30.2 Å². The fourth-order valence-corrected chi connectivity index (χ4v) is 4.95. The van der Waals surface area contributed by atoms with Crippen molar-refractivity contribution in [3.05, 3.63) is 106 Å². The van der Waals surface area contributed by atoms with Crippen LogP contribution < -0.4 is 10.3 Å². The van der Waals surface area contributed by atoms with Gasteiger partial charge in [-0.25, -0.2) is 4.68 Å². The first-order valence-corrected chi connectivity index (χ1v) is 13.2. The Labute approximate surface area is 232 Å². The third-order valence-electron chi connectivity index (χ3n) is 7.11. The van der Waals surface area contributed by atoms with Gasteiger partial charge in [0, 0.05) is 32.1 Å². The molecule has 9 heteroatoms. The number of amides is 2. The molecule has 1 aliphatic heterocycles. The van der Waals surface area contributed by atoms with Crippen LogP contribution in [0.25, 0.3) is 10.8 Å². The van der Waals surface area contributed by atoms with Crippen LogP contribution in [0.4, 0.5) is 0 Å². The van der Waals surface area contributed by atoms with Crippen molar-refractivity contribution in [2.24, 2.45) is 7.05 Å². The number of aryl methyl sites for hydroxylation is 1. The molecule has 0 saturated carbocycles. The van der Waals surface area contributed by atoms with Crippen molar-refractivity contribution in [2.45, 2.75) is 19.1 Å². The molecule has 9 nitrogen and oxygen atoms in total. The Balaban J connectivity index is 1.41. The summed E-state index contributed by atoms with van der Waals surface area (Å²) in [4.78, 5) is 43.2. The molecule has 3 aromatic carbocycles. The highest BCUT2D eigenvalue weighted by Crippen LogP contribution is 2.19. The number of fused-ring (bicyclic) bond motifs is 1. The second-order valence-corrected chi connectivity index (χ2v) is 9.87. The number of benzene rings is 3. The minimum absolute atomic E-state index is 0.106. The van der Waals surface area contributed by atoms with E-state index in [0.717, 1.165) is 21.6 Å². The maximum atomic E-state index is 13.9. The van der Waals surface area contributed by atoms with Crippen LogP contribution in [0.1, 0.15) is 21.6 Å². The Morgan fingerprint density at radius 3 is 2.42 bits per heavy atom. The molecular weight excluding hydrogens is 508 g/mol. The van der Waals surface area contributed by atoms with E-state index in [1.807, 2.05) is 54.6 Å². The monoisotopic (exact) mass is 540 g/mol. The van der Waals surface area contributed by atoms with Gasteiger partial charge in [0.15, 0.2) is 5.69 Å². The normalized spacial score (nSPS) is 15.8. The standard InChI is InChI=1S/C31H32N4O5/c1-33-30(37)27-14-7-6-13-26(27)29(32-33)31(38)35-19-25(40-21-23-11-8-12-24(17-23)39-2)18-34(28(36)20-35)16-15-22-9-4-3-5-10-22/h3-14,17,25H,15-16,18-21H2,1-2H3/t25-/m0/s1. The highest BCUT2D eigenvalue weighted by atomic mass is 16.5. The second-order valence-electron chi connectivity index (χ2n) is 9.87. The molecule has 1 aliphatic rings. The van der Waals surface area contributed by atoms with Crippen molar-refractivity contribution in [1.29, 1.82) is 0 Å². The average molecular weight is 541 g/mol. The van der Waals surface area contributed by atoms with Crippen LogP contribution in [0.15, 0.2) is 83.7 Å². The number of carbonyl (C=O) groups is 2. The van der Waals surface area contributed by atoms with Crippen LogP contribution in [0, 0.1) is 0 Å². The Hall–Kier alpha value is -4.50. The molecular formula is C31H32N4O5. The van der Waals surface area contributed by atoms with Gasteiger partial charge in [-0.3, -0.25) is 14.4 Å². The van der Waals surface area contributed by atoms with Crippen LogP contribution in [-0.4, -0.2) is 70.8 Å². The Kier molecular flexibility index (Phi) is 8.21. The third kappa shape index (κ3) is 6.05. The van der Waals surface area contributed by atoms with E-state index >= 15 is 0 Å². The SMILES string of the molecule is COc1cccc(CO[C@H]2CN(CCc3ccccc3)C(=O)CN(C(=O)c3nn(C)c(=O)c4ccccc34)C2)c1. The Morgan fingerprint density at radius 1 is 0.925 bits per heavy atom. The quantitative estimate of drug-likeness (QED) is 0.341. The van der Waals surface area contributed by atoms with Crippen molar-refractivity contribution < 1.29 is 19.1 Å². The molecule has 0 N–H and O–H groups in total. The molecule has 1 saturated heterocycles. The summed E-state index contributed by atoms with van der Waals surface area (Å²) >= 11 is 0. The molecule has 4 aromatic rings. The number of methoxy groups -OCH3 is 1. The molecule has 40 heavy (non-hydrogen) atoms.